The number of alkyl halides is 3. The van der Waals surface area contributed by atoms with Gasteiger partial charge in [0.05, 0.1) is 22.3 Å². The minimum Gasteiger partial charge on any atom is -0.495 e. The number of methoxy groups -OCH3 is 1. The zero-order valence-electron chi connectivity index (χ0n) is 15.8. The molecule has 29 heavy (non-hydrogen) atoms. The van der Waals surface area contributed by atoms with Gasteiger partial charge in [0.2, 0.25) is 5.91 Å². The third kappa shape index (κ3) is 4.63. The van der Waals surface area contributed by atoms with Crippen molar-refractivity contribution in [2.45, 2.75) is 19.6 Å². The number of amides is 1. The van der Waals surface area contributed by atoms with E-state index in [0.717, 1.165) is 10.4 Å². The van der Waals surface area contributed by atoms with Gasteiger partial charge in [0.1, 0.15) is 12.3 Å². The van der Waals surface area contributed by atoms with Crippen molar-refractivity contribution in [2.75, 3.05) is 38.2 Å². The predicted octanol–water partition coefficient (Wildman–Crippen LogP) is 3.98. The summed E-state index contributed by atoms with van der Waals surface area (Å²) in [5, 5.41) is 4.08. The Bertz CT molecular complexity index is 911. The number of halogens is 5. The van der Waals surface area contributed by atoms with Crippen molar-refractivity contribution < 1.29 is 22.7 Å². The Labute approximate surface area is 179 Å². The molecule has 0 N–H and O–H groups in total. The first-order valence-electron chi connectivity index (χ1n) is 8.78. The second-order valence-electron chi connectivity index (χ2n) is 6.59. The average molecular weight is 496 g/mol. The Kier molecular flexibility index (Phi) is 6.33. The normalized spacial score (nSPS) is 15.0. The molecule has 0 bridgehead atoms. The molecule has 6 nitrogen and oxygen atoms in total. The largest absolute Gasteiger partial charge is 0.495 e. The molecule has 158 valence electrons. The highest BCUT2D eigenvalue weighted by molar-refractivity contribution is 9.10. The molecule has 0 unspecified atom stereocenters. The number of hydrogen-bond donors (Lipinski definition) is 0. The summed E-state index contributed by atoms with van der Waals surface area (Å²) in [4.78, 5) is 16.3. The van der Waals surface area contributed by atoms with Gasteiger partial charge in [-0.05, 0) is 35.0 Å². The third-order valence-electron chi connectivity index (χ3n) is 4.82. The van der Waals surface area contributed by atoms with Gasteiger partial charge in [0, 0.05) is 37.9 Å². The van der Waals surface area contributed by atoms with E-state index in [9.17, 15) is 18.0 Å². The van der Waals surface area contributed by atoms with Crippen molar-refractivity contribution in [3.63, 3.8) is 0 Å². The number of benzene rings is 1. The molecule has 2 aromatic rings. The molecular formula is C18H19BrClF3N4O2. The number of nitrogens with zero attached hydrogens (tertiary/aromatic N) is 4. The quantitative estimate of drug-likeness (QED) is 0.644. The topological polar surface area (TPSA) is 50.6 Å². The number of anilines is 1. The van der Waals surface area contributed by atoms with Crippen molar-refractivity contribution in [2.24, 2.45) is 0 Å². The molecule has 1 aliphatic rings. The monoisotopic (exact) mass is 494 g/mol. The van der Waals surface area contributed by atoms with Gasteiger partial charge in [-0.15, -0.1) is 0 Å². The molecule has 0 spiro atoms. The van der Waals surface area contributed by atoms with E-state index in [1.165, 1.54) is 6.92 Å². The van der Waals surface area contributed by atoms with Crippen LogP contribution in [-0.2, 0) is 17.5 Å². The highest BCUT2D eigenvalue weighted by Gasteiger charge is 2.38. The van der Waals surface area contributed by atoms with Crippen LogP contribution < -0.4 is 9.64 Å². The predicted molar refractivity (Wildman–Crippen MR) is 106 cm³/mol. The molecule has 1 aromatic carbocycles. The van der Waals surface area contributed by atoms with Gasteiger partial charge in [0.25, 0.3) is 0 Å². The van der Waals surface area contributed by atoms with Crippen LogP contribution in [0.15, 0.2) is 22.7 Å². The van der Waals surface area contributed by atoms with Crippen molar-refractivity contribution in [1.29, 1.82) is 0 Å². The van der Waals surface area contributed by atoms with Crippen molar-refractivity contribution in [3.05, 3.63) is 39.1 Å². The molecule has 11 heteroatoms. The lowest BCUT2D eigenvalue weighted by molar-refractivity contribution is -0.142. The number of hydrogen-bond acceptors (Lipinski definition) is 4. The van der Waals surface area contributed by atoms with Crippen molar-refractivity contribution >= 4 is 39.1 Å². The van der Waals surface area contributed by atoms with Crippen LogP contribution in [0.1, 0.15) is 11.4 Å². The number of aromatic nitrogens is 2. The van der Waals surface area contributed by atoms with Gasteiger partial charge in [-0.2, -0.15) is 18.3 Å². The van der Waals surface area contributed by atoms with Crippen LogP contribution in [0.3, 0.4) is 0 Å². The smallest absolute Gasteiger partial charge is 0.436 e. The van der Waals surface area contributed by atoms with E-state index in [1.807, 2.05) is 12.1 Å². The number of carbonyl (C=O) groups is 1. The maximum Gasteiger partial charge on any atom is 0.436 e. The van der Waals surface area contributed by atoms with Crippen LogP contribution in [0.2, 0.25) is 5.02 Å². The van der Waals surface area contributed by atoms with Crippen LogP contribution in [-0.4, -0.2) is 53.9 Å². The van der Waals surface area contributed by atoms with Crippen molar-refractivity contribution in [1.82, 2.24) is 14.7 Å². The lowest BCUT2D eigenvalue weighted by Crippen LogP contribution is -2.49. The molecule has 1 fully saturated rings. The number of piperazine rings is 1. The molecule has 1 saturated heterocycles. The van der Waals surface area contributed by atoms with Gasteiger partial charge in [-0.3, -0.25) is 9.48 Å². The first kappa shape index (κ1) is 21.8. The molecule has 1 aromatic heterocycles. The van der Waals surface area contributed by atoms with Gasteiger partial charge in [-0.1, -0.05) is 11.6 Å². The highest BCUT2D eigenvalue weighted by atomic mass is 79.9. The van der Waals surface area contributed by atoms with Gasteiger partial charge < -0.3 is 14.5 Å². The standard InChI is InChI=1S/C18H19BrClF3N4O2/c1-11-16(19)17(18(21,22)23)24-27(11)10-15(28)26-7-5-25(6-8-26)12-3-4-13(20)14(9-12)29-2/h3-4,9H,5-8,10H2,1-2H3. The molecule has 2 heterocycles. The molecule has 1 aliphatic heterocycles. The Hall–Kier alpha value is -1.94. The minimum atomic E-state index is -4.58. The third-order valence-corrected chi connectivity index (χ3v) is 6.08. The lowest BCUT2D eigenvalue weighted by Gasteiger charge is -2.36. The summed E-state index contributed by atoms with van der Waals surface area (Å²) < 4.78 is 45.2. The SMILES string of the molecule is COc1cc(N2CCN(C(=O)Cn3nc(C(F)(F)F)c(Br)c3C)CC2)ccc1Cl. The van der Waals surface area contributed by atoms with Crippen LogP contribution in [0.25, 0.3) is 0 Å². The zero-order valence-corrected chi connectivity index (χ0v) is 18.1. The molecule has 0 aliphatic carbocycles. The number of carbonyl (C=O) groups excluding carboxylic acids is 1. The summed E-state index contributed by atoms with van der Waals surface area (Å²) in [5.41, 5.74) is 0.168. The molecule has 0 atom stereocenters. The second-order valence-corrected chi connectivity index (χ2v) is 7.79. The van der Waals surface area contributed by atoms with Crippen LogP contribution in [0.5, 0.6) is 5.75 Å². The number of ether oxygens (including phenoxy) is 1. The molecule has 0 radical (unpaired) electrons. The van der Waals surface area contributed by atoms with E-state index in [1.54, 1.807) is 18.1 Å². The van der Waals surface area contributed by atoms with E-state index in [4.69, 9.17) is 16.3 Å². The highest BCUT2D eigenvalue weighted by Crippen LogP contribution is 2.35. The summed E-state index contributed by atoms with van der Waals surface area (Å²) >= 11 is 8.97. The fourth-order valence-electron chi connectivity index (χ4n) is 3.15. The van der Waals surface area contributed by atoms with Crippen LogP contribution >= 0.6 is 27.5 Å². The average Bonchev–Trinajstić information content (AvgIpc) is 2.97. The van der Waals surface area contributed by atoms with Gasteiger partial charge >= 0.3 is 6.18 Å². The Morgan fingerprint density at radius 3 is 2.48 bits per heavy atom. The summed E-state index contributed by atoms with van der Waals surface area (Å²) in [6.45, 7) is 3.34. The zero-order chi connectivity index (χ0) is 21.3. The van der Waals surface area contributed by atoms with E-state index >= 15 is 0 Å². The maximum absolute atomic E-state index is 13.0. The first-order chi connectivity index (χ1) is 13.6. The Balaban J connectivity index is 1.64. The summed E-state index contributed by atoms with van der Waals surface area (Å²) in [6.07, 6.45) is -4.58. The van der Waals surface area contributed by atoms with Crippen LogP contribution in [0, 0.1) is 6.92 Å². The van der Waals surface area contributed by atoms with Crippen LogP contribution in [0.4, 0.5) is 18.9 Å². The Morgan fingerprint density at radius 1 is 1.28 bits per heavy atom. The van der Waals surface area contributed by atoms with E-state index in [-0.39, 0.29) is 22.6 Å². The summed E-state index contributed by atoms with van der Waals surface area (Å²) in [6, 6.07) is 5.47. The van der Waals surface area contributed by atoms with E-state index in [0.29, 0.717) is 37.0 Å². The molecule has 3 rings (SSSR count). The Morgan fingerprint density at radius 2 is 1.93 bits per heavy atom. The summed E-state index contributed by atoms with van der Waals surface area (Å²) in [5.74, 6) is 0.299. The van der Waals surface area contributed by atoms with Gasteiger partial charge in [0.15, 0.2) is 5.69 Å². The first-order valence-corrected chi connectivity index (χ1v) is 9.95. The lowest BCUT2D eigenvalue weighted by atomic mass is 10.2. The van der Waals surface area contributed by atoms with E-state index in [2.05, 4.69) is 25.9 Å². The molecule has 0 saturated carbocycles. The fraction of sp³-hybridized carbons (Fsp3) is 0.444. The molecular weight excluding hydrogens is 477 g/mol. The minimum absolute atomic E-state index is 0.140. The number of rotatable bonds is 4. The fourth-order valence-corrected chi connectivity index (χ4v) is 3.85. The van der Waals surface area contributed by atoms with E-state index < -0.39 is 11.9 Å². The van der Waals surface area contributed by atoms with Crippen molar-refractivity contribution in [3.8, 4) is 5.75 Å². The second kappa shape index (κ2) is 8.43. The van der Waals surface area contributed by atoms with Gasteiger partial charge in [-0.25, -0.2) is 0 Å². The maximum atomic E-state index is 13.0. The summed E-state index contributed by atoms with van der Waals surface area (Å²) in [7, 11) is 1.54. The molecule has 1 amide bonds.